The topological polar surface area (TPSA) is 125 Å². The molecule has 0 radical (unpaired) electrons. The predicted molar refractivity (Wildman–Crippen MR) is 96.7 cm³/mol. The van der Waals surface area contributed by atoms with Crippen molar-refractivity contribution in [2.24, 2.45) is 0 Å². The Kier molecular flexibility index (Phi) is 5.28. The average molecular weight is 356 g/mol. The van der Waals surface area contributed by atoms with Gasteiger partial charge in [0.25, 0.3) is 5.56 Å². The lowest BCUT2D eigenvalue weighted by atomic mass is 10.2. The zero-order valence-electron chi connectivity index (χ0n) is 14.3. The van der Waals surface area contributed by atoms with Crippen LogP contribution in [0.2, 0.25) is 0 Å². The lowest BCUT2D eigenvalue weighted by Crippen LogP contribution is -2.34. The molecule has 3 aromatic rings. The molecule has 9 nitrogen and oxygen atoms in total. The fraction of sp³-hybridized carbons (Fsp3) is 0.294. The number of carbonyl (C=O) groups is 1. The van der Waals surface area contributed by atoms with Crippen LogP contribution >= 0.6 is 0 Å². The van der Waals surface area contributed by atoms with E-state index >= 15 is 0 Å². The van der Waals surface area contributed by atoms with E-state index in [9.17, 15) is 9.59 Å². The van der Waals surface area contributed by atoms with Gasteiger partial charge in [-0.3, -0.25) is 19.1 Å². The first-order chi connectivity index (χ1) is 12.6. The van der Waals surface area contributed by atoms with Gasteiger partial charge in [-0.25, -0.2) is 4.98 Å². The molecule has 0 aliphatic carbocycles. The van der Waals surface area contributed by atoms with E-state index in [-0.39, 0.29) is 38.0 Å². The lowest BCUT2D eigenvalue weighted by molar-refractivity contribution is -0.121. The molecule has 136 valence electrons. The van der Waals surface area contributed by atoms with E-state index in [1.807, 2.05) is 18.3 Å². The Morgan fingerprint density at radius 2 is 2.19 bits per heavy atom. The van der Waals surface area contributed by atoms with Gasteiger partial charge in [0.2, 0.25) is 5.91 Å². The number of fused-ring (bicyclic) bond motifs is 1. The molecule has 26 heavy (non-hydrogen) atoms. The molecule has 0 bridgehead atoms. The van der Waals surface area contributed by atoms with E-state index < -0.39 is 5.56 Å². The van der Waals surface area contributed by atoms with Gasteiger partial charge in [0.15, 0.2) is 5.82 Å². The van der Waals surface area contributed by atoms with Crippen molar-refractivity contribution in [3.8, 4) is 0 Å². The molecule has 9 heteroatoms. The number of aryl methyl sites for hydroxylation is 1. The van der Waals surface area contributed by atoms with Crippen molar-refractivity contribution < 1.29 is 9.90 Å². The summed E-state index contributed by atoms with van der Waals surface area (Å²) in [7, 11) is 0. The number of nitrogens with one attached hydrogen (secondary N) is 3. The van der Waals surface area contributed by atoms with Gasteiger partial charge in [-0.1, -0.05) is 0 Å². The molecule has 0 unspecified atom stereocenters. The van der Waals surface area contributed by atoms with Gasteiger partial charge in [0, 0.05) is 30.0 Å². The van der Waals surface area contributed by atoms with Crippen LogP contribution in [0.4, 0.5) is 5.82 Å². The first kappa shape index (κ1) is 17.6. The van der Waals surface area contributed by atoms with Crippen LogP contribution in [0.5, 0.6) is 0 Å². The Bertz CT molecular complexity index is 978. The van der Waals surface area contributed by atoms with Crippen LogP contribution < -0.4 is 16.2 Å². The van der Waals surface area contributed by atoms with Crippen LogP contribution in [0.1, 0.15) is 11.4 Å². The maximum atomic E-state index is 12.4. The SMILES string of the molecule is Cc1cnc(NCCO)c(=O)n1CC(=O)NCc1cc2cc[nH]c2cn1. The van der Waals surface area contributed by atoms with E-state index in [0.717, 1.165) is 16.6 Å². The first-order valence-corrected chi connectivity index (χ1v) is 8.18. The number of anilines is 1. The Labute approximate surface area is 149 Å². The van der Waals surface area contributed by atoms with Crippen molar-refractivity contribution in [3.63, 3.8) is 0 Å². The van der Waals surface area contributed by atoms with Gasteiger partial charge in [-0.05, 0) is 19.1 Å². The van der Waals surface area contributed by atoms with Crippen molar-refractivity contribution in [3.05, 3.63) is 52.5 Å². The number of H-pyrrole nitrogens is 1. The van der Waals surface area contributed by atoms with Gasteiger partial charge in [0.1, 0.15) is 6.54 Å². The molecule has 3 aromatic heterocycles. The molecule has 3 rings (SSSR count). The molecular formula is C17H20N6O3. The molecule has 0 aliphatic rings. The van der Waals surface area contributed by atoms with E-state index in [4.69, 9.17) is 5.11 Å². The molecule has 0 aliphatic heterocycles. The minimum Gasteiger partial charge on any atom is -0.395 e. The predicted octanol–water partition coefficient (Wildman–Crippen LogP) is 0.149. The zero-order chi connectivity index (χ0) is 18.5. The van der Waals surface area contributed by atoms with Crippen molar-refractivity contribution >= 4 is 22.6 Å². The van der Waals surface area contributed by atoms with Crippen molar-refractivity contribution in [2.45, 2.75) is 20.0 Å². The summed E-state index contributed by atoms with van der Waals surface area (Å²) in [6.45, 7) is 1.96. The second-order valence-corrected chi connectivity index (χ2v) is 5.81. The molecule has 0 saturated heterocycles. The average Bonchev–Trinajstić information content (AvgIpc) is 3.10. The molecule has 3 heterocycles. The summed E-state index contributed by atoms with van der Waals surface area (Å²) >= 11 is 0. The number of aromatic amines is 1. The Morgan fingerprint density at radius 1 is 1.35 bits per heavy atom. The zero-order valence-corrected chi connectivity index (χ0v) is 14.3. The highest BCUT2D eigenvalue weighted by Gasteiger charge is 2.11. The summed E-state index contributed by atoms with van der Waals surface area (Å²) < 4.78 is 1.34. The second kappa shape index (κ2) is 7.79. The molecule has 0 atom stereocenters. The van der Waals surface area contributed by atoms with Crippen molar-refractivity contribution in [1.29, 1.82) is 0 Å². The minimum absolute atomic E-state index is 0.108. The number of pyridine rings is 1. The summed E-state index contributed by atoms with van der Waals surface area (Å²) in [6.07, 6.45) is 5.05. The number of rotatable bonds is 7. The molecule has 1 amide bonds. The van der Waals surface area contributed by atoms with Crippen molar-refractivity contribution in [2.75, 3.05) is 18.5 Å². The monoisotopic (exact) mass is 356 g/mol. The molecule has 0 spiro atoms. The number of aromatic nitrogens is 4. The Morgan fingerprint density at radius 3 is 3.00 bits per heavy atom. The van der Waals surface area contributed by atoms with Crippen LogP contribution in [0, 0.1) is 6.92 Å². The van der Waals surface area contributed by atoms with Gasteiger partial charge >= 0.3 is 0 Å². The van der Waals surface area contributed by atoms with Crippen molar-refractivity contribution in [1.82, 2.24) is 24.8 Å². The highest BCUT2D eigenvalue weighted by Crippen LogP contribution is 2.11. The number of aliphatic hydroxyl groups excluding tert-OH is 1. The fourth-order valence-corrected chi connectivity index (χ4v) is 2.54. The molecule has 0 saturated carbocycles. The molecular weight excluding hydrogens is 336 g/mol. The third-order valence-corrected chi connectivity index (χ3v) is 3.92. The number of amides is 1. The summed E-state index contributed by atoms with van der Waals surface area (Å²) in [5.41, 5.74) is 1.84. The number of hydrogen-bond acceptors (Lipinski definition) is 6. The first-order valence-electron chi connectivity index (χ1n) is 8.18. The third-order valence-electron chi connectivity index (χ3n) is 3.92. The standard InChI is InChI=1S/C17H20N6O3/c1-11-7-22-16(19-4-5-24)17(26)23(11)10-15(25)21-8-13-6-12-2-3-18-14(12)9-20-13/h2-3,6-7,9,18,24H,4-5,8,10H2,1H3,(H,19,22)(H,21,25). The summed E-state index contributed by atoms with van der Waals surface area (Å²) in [5, 5.41) is 15.4. The maximum absolute atomic E-state index is 12.4. The number of hydrogen-bond donors (Lipinski definition) is 4. The molecule has 0 aromatic carbocycles. The molecule has 4 N–H and O–H groups in total. The van der Waals surface area contributed by atoms with Crippen LogP contribution in [-0.2, 0) is 17.9 Å². The maximum Gasteiger partial charge on any atom is 0.293 e. The summed E-state index contributed by atoms with van der Waals surface area (Å²) in [4.78, 5) is 36.0. The van der Waals surface area contributed by atoms with E-state index in [1.54, 1.807) is 13.1 Å². The number of nitrogens with zero attached hydrogens (tertiary/aromatic N) is 3. The Hall–Kier alpha value is -3.20. The summed E-state index contributed by atoms with van der Waals surface area (Å²) in [5.74, 6) is -0.192. The van der Waals surface area contributed by atoms with Crippen LogP contribution in [0.3, 0.4) is 0 Å². The third kappa shape index (κ3) is 3.89. The van der Waals surface area contributed by atoms with Crippen LogP contribution in [-0.4, -0.2) is 43.7 Å². The number of carbonyl (C=O) groups excluding carboxylic acids is 1. The van der Waals surface area contributed by atoms with Gasteiger partial charge in [-0.2, -0.15) is 0 Å². The lowest BCUT2D eigenvalue weighted by Gasteiger charge is -2.12. The Balaban J connectivity index is 1.66. The normalized spacial score (nSPS) is 10.8. The smallest absolute Gasteiger partial charge is 0.293 e. The van der Waals surface area contributed by atoms with Gasteiger partial charge in [0.05, 0.1) is 30.6 Å². The van der Waals surface area contributed by atoms with Crippen LogP contribution in [0.15, 0.2) is 35.5 Å². The van der Waals surface area contributed by atoms with Crippen LogP contribution in [0.25, 0.3) is 10.9 Å². The fourth-order valence-electron chi connectivity index (χ4n) is 2.54. The van der Waals surface area contributed by atoms with E-state index in [2.05, 4.69) is 25.6 Å². The highest BCUT2D eigenvalue weighted by molar-refractivity contribution is 5.79. The van der Waals surface area contributed by atoms with E-state index in [0.29, 0.717) is 5.69 Å². The van der Waals surface area contributed by atoms with Gasteiger partial charge in [-0.15, -0.1) is 0 Å². The largest absolute Gasteiger partial charge is 0.395 e. The molecule has 0 fully saturated rings. The number of aliphatic hydroxyl groups is 1. The minimum atomic E-state index is -0.402. The van der Waals surface area contributed by atoms with Gasteiger partial charge < -0.3 is 20.7 Å². The second-order valence-electron chi connectivity index (χ2n) is 5.81. The van der Waals surface area contributed by atoms with E-state index in [1.165, 1.54) is 10.8 Å². The highest BCUT2D eigenvalue weighted by atomic mass is 16.3. The summed E-state index contributed by atoms with van der Waals surface area (Å²) in [6, 6.07) is 3.83. The quantitative estimate of drug-likeness (QED) is 0.478.